The van der Waals surface area contributed by atoms with Crippen LogP contribution in [-0.2, 0) is 0 Å². The minimum Gasteiger partial charge on any atom is -0.456 e. The third-order valence-electron chi connectivity index (χ3n) is 4.91. The Labute approximate surface area is 156 Å². The molecule has 1 aliphatic heterocycles. The van der Waals surface area contributed by atoms with Crippen LogP contribution in [0.3, 0.4) is 0 Å². The molecule has 2 nitrogen and oxygen atoms in total. The van der Waals surface area contributed by atoms with Crippen molar-refractivity contribution in [3.8, 4) is 11.5 Å². The maximum Gasteiger partial charge on any atom is 0.146 e. The lowest BCUT2D eigenvalue weighted by Crippen LogP contribution is -2.32. The van der Waals surface area contributed by atoms with Crippen LogP contribution in [0.1, 0.15) is 32.3 Å². The molecule has 0 saturated carbocycles. The number of para-hydroxylation sites is 1. The Morgan fingerprint density at radius 2 is 1.80 bits per heavy atom. The quantitative estimate of drug-likeness (QED) is 0.626. The minimum absolute atomic E-state index is 0.624. The molecule has 0 aromatic heterocycles. The number of likely N-dealkylation sites (tertiary alicyclic amines) is 1. The molecule has 0 N–H and O–H groups in total. The second kappa shape index (κ2) is 8.55. The van der Waals surface area contributed by atoms with Gasteiger partial charge in [0.05, 0.1) is 5.02 Å². The number of hydrogen-bond acceptors (Lipinski definition) is 2. The summed E-state index contributed by atoms with van der Waals surface area (Å²) in [6.07, 6.45) is 4.97. The largest absolute Gasteiger partial charge is 0.456 e. The summed E-state index contributed by atoms with van der Waals surface area (Å²) in [5.41, 5.74) is 2.54. The third kappa shape index (κ3) is 5.10. The highest BCUT2D eigenvalue weighted by Crippen LogP contribution is 2.29. The molecule has 0 radical (unpaired) electrons. The number of halogens is 1. The molecule has 1 fully saturated rings. The van der Waals surface area contributed by atoms with Crippen LogP contribution in [0.2, 0.25) is 5.02 Å². The van der Waals surface area contributed by atoms with Crippen LogP contribution >= 0.6 is 11.6 Å². The molecule has 0 bridgehead atoms. The Balaban J connectivity index is 1.59. The highest BCUT2D eigenvalue weighted by Gasteiger charge is 2.14. The zero-order valence-electron chi connectivity index (χ0n) is 15.0. The van der Waals surface area contributed by atoms with Crippen molar-refractivity contribution in [1.29, 1.82) is 0 Å². The van der Waals surface area contributed by atoms with Crippen molar-refractivity contribution in [1.82, 2.24) is 4.90 Å². The molecule has 1 aliphatic rings. The highest BCUT2D eigenvalue weighted by molar-refractivity contribution is 6.32. The van der Waals surface area contributed by atoms with Gasteiger partial charge in [0.2, 0.25) is 0 Å². The molecule has 0 amide bonds. The number of allylic oxidation sites excluding steroid dienone is 1. The van der Waals surface area contributed by atoms with Crippen LogP contribution in [0, 0.1) is 5.92 Å². The molecule has 132 valence electrons. The van der Waals surface area contributed by atoms with Crippen LogP contribution in [0.5, 0.6) is 11.5 Å². The van der Waals surface area contributed by atoms with E-state index in [1.807, 2.05) is 36.4 Å². The number of rotatable bonds is 5. The van der Waals surface area contributed by atoms with Gasteiger partial charge in [0.15, 0.2) is 0 Å². The first-order valence-corrected chi connectivity index (χ1v) is 9.41. The second-order valence-corrected chi connectivity index (χ2v) is 7.33. The number of nitrogens with zero attached hydrogens (tertiary/aromatic N) is 1. The summed E-state index contributed by atoms with van der Waals surface area (Å²) in [5.74, 6) is 2.37. The number of piperidine rings is 1. The average Bonchev–Trinajstić information content (AvgIpc) is 2.63. The van der Waals surface area contributed by atoms with Gasteiger partial charge in [-0.05, 0) is 74.2 Å². The van der Waals surface area contributed by atoms with Gasteiger partial charge in [-0.25, -0.2) is 0 Å². The molecule has 0 aliphatic carbocycles. The highest BCUT2D eigenvalue weighted by atomic mass is 35.5. The topological polar surface area (TPSA) is 12.5 Å². The van der Waals surface area contributed by atoms with Gasteiger partial charge in [-0.2, -0.15) is 0 Å². The summed E-state index contributed by atoms with van der Waals surface area (Å²) < 4.78 is 5.85. The molecule has 0 spiro atoms. The summed E-state index contributed by atoms with van der Waals surface area (Å²) in [5, 5.41) is 0.624. The van der Waals surface area contributed by atoms with E-state index in [9.17, 15) is 0 Å². The van der Waals surface area contributed by atoms with Gasteiger partial charge < -0.3 is 4.74 Å². The van der Waals surface area contributed by atoms with Gasteiger partial charge in [0.1, 0.15) is 11.5 Å². The second-order valence-electron chi connectivity index (χ2n) is 6.93. The molecule has 3 heteroatoms. The normalized spacial score (nSPS) is 16.8. The van der Waals surface area contributed by atoms with Gasteiger partial charge in [0, 0.05) is 6.54 Å². The van der Waals surface area contributed by atoms with Gasteiger partial charge >= 0.3 is 0 Å². The standard InChI is InChI=1S/C22H26ClNO/c1-17-11-14-24(15-12-17)16-13-18(2)19-7-9-20(10-8-19)25-22-6-4-3-5-21(22)23/h3-10,13,17H,11-12,14-16H2,1-2H3. The summed E-state index contributed by atoms with van der Waals surface area (Å²) in [6, 6.07) is 15.7. The fraction of sp³-hybridized carbons (Fsp3) is 0.364. The van der Waals surface area contributed by atoms with E-state index in [4.69, 9.17) is 16.3 Å². The monoisotopic (exact) mass is 355 g/mol. The lowest BCUT2D eigenvalue weighted by Gasteiger charge is -2.29. The fourth-order valence-corrected chi connectivity index (χ4v) is 3.24. The first-order valence-electron chi connectivity index (χ1n) is 9.04. The van der Waals surface area contributed by atoms with Gasteiger partial charge in [0.25, 0.3) is 0 Å². The van der Waals surface area contributed by atoms with Crippen molar-refractivity contribution in [2.75, 3.05) is 19.6 Å². The van der Waals surface area contributed by atoms with Crippen LogP contribution in [-0.4, -0.2) is 24.5 Å². The first kappa shape index (κ1) is 18.0. The lowest BCUT2D eigenvalue weighted by atomic mass is 9.99. The predicted octanol–water partition coefficient (Wildman–Crippen LogP) is 6.27. The fourth-order valence-electron chi connectivity index (χ4n) is 3.07. The van der Waals surface area contributed by atoms with Crippen molar-refractivity contribution in [3.05, 3.63) is 65.2 Å². The molecule has 2 aromatic rings. The van der Waals surface area contributed by atoms with E-state index in [2.05, 4.69) is 37.0 Å². The molecule has 0 atom stereocenters. The maximum absolute atomic E-state index is 6.14. The van der Waals surface area contributed by atoms with Crippen LogP contribution in [0.25, 0.3) is 5.57 Å². The van der Waals surface area contributed by atoms with Crippen LogP contribution < -0.4 is 4.74 Å². The zero-order chi connectivity index (χ0) is 17.6. The molecule has 3 rings (SSSR count). The molecule has 25 heavy (non-hydrogen) atoms. The Hall–Kier alpha value is -1.77. The predicted molar refractivity (Wildman–Crippen MR) is 106 cm³/mol. The smallest absolute Gasteiger partial charge is 0.146 e. The van der Waals surface area contributed by atoms with E-state index in [1.165, 1.54) is 37.1 Å². The zero-order valence-corrected chi connectivity index (χ0v) is 15.8. The molecule has 1 heterocycles. The Morgan fingerprint density at radius 1 is 1.12 bits per heavy atom. The Kier molecular flexibility index (Phi) is 6.17. The number of hydrogen-bond donors (Lipinski definition) is 0. The SMILES string of the molecule is CC(=CCN1CCC(C)CC1)c1ccc(Oc2ccccc2Cl)cc1. The molecular weight excluding hydrogens is 330 g/mol. The molecule has 2 aromatic carbocycles. The number of benzene rings is 2. The summed E-state index contributed by atoms with van der Waals surface area (Å²) in [6.45, 7) is 8.00. The number of ether oxygens (including phenoxy) is 1. The minimum atomic E-state index is 0.624. The molecule has 0 unspecified atom stereocenters. The van der Waals surface area contributed by atoms with Crippen molar-refractivity contribution < 1.29 is 4.74 Å². The summed E-state index contributed by atoms with van der Waals surface area (Å²) in [7, 11) is 0. The Bertz CT molecular complexity index is 715. The van der Waals surface area contributed by atoms with Gasteiger partial charge in [-0.1, -0.05) is 48.9 Å². The lowest BCUT2D eigenvalue weighted by molar-refractivity contribution is 0.210. The van der Waals surface area contributed by atoms with Gasteiger partial charge in [-0.15, -0.1) is 0 Å². The van der Waals surface area contributed by atoms with E-state index >= 15 is 0 Å². The Morgan fingerprint density at radius 3 is 2.48 bits per heavy atom. The van der Waals surface area contributed by atoms with Crippen molar-refractivity contribution in [2.24, 2.45) is 5.92 Å². The van der Waals surface area contributed by atoms with Crippen LogP contribution in [0.4, 0.5) is 0 Å². The summed E-state index contributed by atoms with van der Waals surface area (Å²) in [4.78, 5) is 2.54. The van der Waals surface area contributed by atoms with Crippen molar-refractivity contribution in [2.45, 2.75) is 26.7 Å². The van der Waals surface area contributed by atoms with Crippen molar-refractivity contribution >= 4 is 17.2 Å². The molecule has 1 saturated heterocycles. The molecular formula is C22H26ClNO. The van der Waals surface area contributed by atoms with Crippen LogP contribution in [0.15, 0.2) is 54.6 Å². The van der Waals surface area contributed by atoms with E-state index in [0.29, 0.717) is 10.8 Å². The first-order chi connectivity index (χ1) is 12.1. The van der Waals surface area contributed by atoms with Crippen molar-refractivity contribution in [3.63, 3.8) is 0 Å². The third-order valence-corrected chi connectivity index (χ3v) is 5.22. The van der Waals surface area contributed by atoms with E-state index in [0.717, 1.165) is 18.2 Å². The van der Waals surface area contributed by atoms with E-state index < -0.39 is 0 Å². The summed E-state index contributed by atoms with van der Waals surface area (Å²) >= 11 is 6.14. The van der Waals surface area contributed by atoms with E-state index in [-0.39, 0.29) is 0 Å². The maximum atomic E-state index is 6.14. The van der Waals surface area contributed by atoms with Gasteiger partial charge in [-0.3, -0.25) is 4.90 Å². The average molecular weight is 356 g/mol. The van der Waals surface area contributed by atoms with E-state index in [1.54, 1.807) is 0 Å².